The Hall–Kier alpha value is -4.03. The second-order valence-corrected chi connectivity index (χ2v) is 8.63. The van der Waals surface area contributed by atoms with Gasteiger partial charge in [0.05, 0.1) is 23.7 Å². The molecule has 0 aliphatic carbocycles. The van der Waals surface area contributed by atoms with Crippen molar-refractivity contribution in [3.05, 3.63) is 78.4 Å². The molecule has 1 N–H and O–H groups in total. The number of amides is 1. The van der Waals surface area contributed by atoms with Gasteiger partial charge in [0.1, 0.15) is 18.7 Å². The Bertz CT molecular complexity index is 1510. The Morgan fingerprint density at radius 1 is 1.11 bits per heavy atom. The first-order chi connectivity index (χ1) is 18.2. The van der Waals surface area contributed by atoms with Crippen LogP contribution in [0.2, 0.25) is 0 Å². The summed E-state index contributed by atoms with van der Waals surface area (Å²) in [6, 6.07) is 14.4. The Balaban J connectivity index is 0.00000156. The molecule has 0 radical (unpaired) electrons. The third-order valence-corrected chi connectivity index (χ3v) is 6.33. The highest BCUT2D eigenvalue weighted by atomic mass is 32.2. The van der Waals surface area contributed by atoms with Gasteiger partial charge in [0.15, 0.2) is 12.3 Å². The molecule has 0 spiro atoms. The zero-order valence-electron chi connectivity index (χ0n) is 20.2. The summed E-state index contributed by atoms with van der Waals surface area (Å²) in [6.07, 6.45) is 4.58. The van der Waals surface area contributed by atoms with Crippen LogP contribution in [0.5, 0.6) is 10.9 Å². The highest BCUT2D eigenvalue weighted by Crippen LogP contribution is 2.32. The van der Waals surface area contributed by atoms with E-state index in [4.69, 9.17) is 9.47 Å². The fourth-order valence-electron chi connectivity index (χ4n) is 3.55. The van der Waals surface area contributed by atoms with Gasteiger partial charge in [-0.05, 0) is 29.5 Å². The van der Waals surface area contributed by atoms with E-state index in [1.165, 1.54) is 10.3 Å². The van der Waals surface area contributed by atoms with Gasteiger partial charge in [-0.15, -0.1) is 8.98 Å². The largest absolute Gasteiger partial charge is 0.496 e. The monoisotopic (exact) mass is 538 g/mol. The van der Waals surface area contributed by atoms with Gasteiger partial charge < -0.3 is 9.47 Å². The van der Waals surface area contributed by atoms with Gasteiger partial charge in [-0.1, -0.05) is 49.3 Å². The number of hydrogen-bond donors (Lipinski definition) is 1. The van der Waals surface area contributed by atoms with E-state index in [2.05, 4.69) is 25.5 Å². The molecule has 5 rings (SSSR count). The van der Waals surface area contributed by atoms with Gasteiger partial charge in [0.2, 0.25) is 5.13 Å². The van der Waals surface area contributed by atoms with Crippen LogP contribution in [0.4, 0.5) is 9.02 Å². The maximum atomic E-state index is 13.0. The third kappa shape index (κ3) is 5.70. The lowest BCUT2D eigenvalue weighted by molar-refractivity contribution is 0.102. The smallest absolute Gasteiger partial charge is 0.296 e. The van der Waals surface area contributed by atoms with Crippen LogP contribution in [0, 0.1) is 0 Å². The van der Waals surface area contributed by atoms with E-state index < -0.39 is 0 Å². The Morgan fingerprint density at radius 2 is 1.95 bits per heavy atom. The molecule has 0 fully saturated rings. The lowest BCUT2D eigenvalue weighted by Gasteiger charge is -2.11. The summed E-state index contributed by atoms with van der Waals surface area (Å²) >= 11 is 1.17. The summed E-state index contributed by atoms with van der Waals surface area (Å²) in [5.41, 5.74) is 3.84. The summed E-state index contributed by atoms with van der Waals surface area (Å²) in [5.74, 6) is 0.265. The number of para-hydroxylation sites is 2. The average Bonchev–Trinajstić information content (AvgIpc) is 3.59. The summed E-state index contributed by atoms with van der Waals surface area (Å²) in [7, 11) is 1.57. The van der Waals surface area contributed by atoms with Gasteiger partial charge in [0.25, 0.3) is 11.1 Å². The molecule has 0 aliphatic heterocycles. The zero-order valence-corrected chi connectivity index (χ0v) is 21.8. The third-order valence-electron chi connectivity index (χ3n) is 5.14. The highest BCUT2D eigenvalue weighted by Gasteiger charge is 2.18. The number of aromatic nitrogens is 5. The first-order valence-corrected chi connectivity index (χ1v) is 12.8. The second kappa shape index (κ2) is 12.3. The molecule has 1 amide bonds. The molecule has 37 heavy (non-hydrogen) atoms. The lowest BCUT2D eigenvalue weighted by atomic mass is 10.0. The Kier molecular flexibility index (Phi) is 8.64. The topological polar surface area (TPSA) is 104 Å². The zero-order chi connectivity index (χ0) is 26.2. The first kappa shape index (κ1) is 26.0. The first-order valence-electron chi connectivity index (χ1n) is 11.3. The number of carbonyl (C=O) groups is 1. The van der Waals surface area contributed by atoms with Crippen molar-refractivity contribution >= 4 is 45.7 Å². The van der Waals surface area contributed by atoms with Crippen LogP contribution in [0.15, 0.2) is 67.3 Å². The van der Waals surface area contributed by atoms with Crippen molar-refractivity contribution in [3.8, 4) is 22.1 Å². The Labute approximate surface area is 221 Å². The van der Waals surface area contributed by atoms with Crippen LogP contribution < -0.4 is 14.8 Å². The van der Waals surface area contributed by atoms with Crippen molar-refractivity contribution in [3.63, 3.8) is 0 Å². The van der Waals surface area contributed by atoms with Crippen LogP contribution in [0.1, 0.15) is 29.8 Å². The van der Waals surface area contributed by atoms with Crippen LogP contribution in [-0.2, 0) is 6.61 Å². The molecule has 0 saturated heterocycles. The number of ether oxygens (including phenoxy) is 2. The summed E-state index contributed by atoms with van der Waals surface area (Å²) in [5, 5.41) is 11.3. The molecule has 3 aromatic heterocycles. The molecule has 0 unspecified atom stereocenters. The molecule has 5 aromatic rings. The number of hydrogen-bond acceptors (Lipinski definition) is 9. The van der Waals surface area contributed by atoms with Crippen molar-refractivity contribution in [1.82, 2.24) is 24.1 Å². The lowest BCUT2D eigenvalue weighted by Crippen LogP contribution is -2.13. The number of nitrogens with zero attached hydrogens (tertiary/aromatic N) is 5. The van der Waals surface area contributed by atoms with E-state index in [1.807, 2.05) is 44.2 Å². The van der Waals surface area contributed by atoms with Crippen molar-refractivity contribution in [2.75, 3.05) is 12.4 Å². The van der Waals surface area contributed by atoms with Crippen LogP contribution in [0.3, 0.4) is 0 Å². The molecule has 0 saturated carbocycles. The number of pyridine rings is 1. The fraction of sp³-hybridized carbons (Fsp3) is 0.160. The normalized spacial score (nSPS) is 10.5. The molecule has 0 atom stereocenters. The number of rotatable bonds is 8. The number of imidazole rings is 1. The van der Waals surface area contributed by atoms with Gasteiger partial charge in [-0.25, -0.2) is 8.96 Å². The number of halogens is 1. The molecule has 2 aromatic carbocycles. The molecule has 3 heterocycles. The van der Waals surface area contributed by atoms with Gasteiger partial charge in [-0.3, -0.25) is 15.1 Å². The molecular weight excluding hydrogens is 515 g/mol. The van der Waals surface area contributed by atoms with Crippen molar-refractivity contribution in [1.29, 1.82) is 0 Å². The van der Waals surface area contributed by atoms with E-state index in [1.54, 1.807) is 37.7 Å². The molecule has 190 valence electrons. The number of fused-ring (bicyclic) bond motifs is 1. The van der Waals surface area contributed by atoms with Crippen LogP contribution in [-0.4, -0.2) is 37.2 Å². The molecule has 9 nitrogen and oxygen atoms in total. The number of methoxy groups -OCH3 is 1. The summed E-state index contributed by atoms with van der Waals surface area (Å²) < 4.78 is 25.5. The van der Waals surface area contributed by atoms with Gasteiger partial charge >= 0.3 is 0 Å². The average molecular weight is 539 g/mol. The van der Waals surface area contributed by atoms with Crippen molar-refractivity contribution < 1.29 is 18.2 Å². The van der Waals surface area contributed by atoms with Crippen molar-refractivity contribution in [2.45, 2.75) is 20.5 Å². The predicted molar refractivity (Wildman–Crippen MR) is 144 cm³/mol. The SMILES string of the molecule is CC.COc1ccccc1-c1cnccc1C(=O)Nc1nnc(OCc2cccc3c2ncn3SF)s1. The van der Waals surface area contributed by atoms with E-state index in [9.17, 15) is 8.68 Å². The van der Waals surface area contributed by atoms with Gasteiger partial charge in [0, 0.05) is 29.1 Å². The standard InChI is InChI=1S/C23H17FN6O3S2.C2H6/c1-32-19-8-3-2-6-15(19)17-11-25-10-9-16(17)21(31)27-22-28-29-23(34-22)33-12-14-5-4-7-18-20(14)26-13-30(18)35-24;1-2/h2-11,13H,12H2,1H3,(H,27,28,31);1-2H3. The molecule has 0 bridgehead atoms. The van der Waals surface area contributed by atoms with E-state index in [-0.39, 0.29) is 35.2 Å². The summed E-state index contributed by atoms with van der Waals surface area (Å²) in [6.45, 7) is 4.16. The quantitative estimate of drug-likeness (QED) is 0.249. The highest BCUT2D eigenvalue weighted by molar-refractivity contribution is 7.92. The van der Waals surface area contributed by atoms with E-state index >= 15 is 0 Å². The number of benzene rings is 2. The molecule has 12 heteroatoms. The number of nitrogens with one attached hydrogen (secondary N) is 1. The van der Waals surface area contributed by atoms with Gasteiger partial charge in [-0.2, -0.15) is 0 Å². The second-order valence-electron chi connectivity index (χ2n) is 7.16. The van der Waals surface area contributed by atoms with E-state index in [0.29, 0.717) is 27.9 Å². The minimum absolute atomic E-state index is 0.0787. The number of carbonyl (C=O) groups excluding carboxylic acids is 1. The number of anilines is 1. The van der Waals surface area contributed by atoms with Crippen LogP contribution >= 0.6 is 23.7 Å². The van der Waals surface area contributed by atoms with E-state index in [0.717, 1.165) is 22.5 Å². The maximum Gasteiger partial charge on any atom is 0.296 e. The Morgan fingerprint density at radius 3 is 2.76 bits per heavy atom. The predicted octanol–water partition coefficient (Wildman–Crippen LogP) is 6.20. The maximum absolute atomic E-state index is 13.0. The fourth-order valence-corrected chi connectivity index (χ4v) is 4.44. The molecule has 0 aliphatic rings. The minimum Gasteiger partial charge on any atom is -0.496 e. The summed E-state index contributed by atoms with van der Waals surface area (Å²) in [4.78, 5) is 21.5. The minimum atomic E-state index is -0.366. The molecular formula is C25H23FN6O3S2. The van der Waals surface area contributed by atoms with Crippen molar-refractivity contribution in [2.24, 2.45) is 0 Å². The van der Waals surface area contributed by atoms with Crippen LogP contribution in [0.25, 0.3) is 22.2 Å².